The van der Waals surface area contributed by atoms with Gasteiger partial charge in [-0.15, -0.1) is 0 Å². The van der Waals surface area contributed by atoms with Crippen molar-refractivity contribution in [2.24, 2.45) is 11.3 Å². The molecule has 0 saturated heterocycles. The Morgan fingerprint density at radius 1 is 1.38 bits per heavy atom. The predicted molar refractivity (Wildman–Crippen MR) is 64.1 cm³/mol. The molecule has 0 bridgehead atoms. The summed E-state index contributed by atoms with van der Waals surface area (Å²) in [7, 11) is 0. The minimum Gasteiger partial charge on any atom is -0.396 e. The average Bonchev–Trinajstić information content (AvgIpc) is 3.03. The number of rotatable bonds is 7. The molecule has 0 heterocycles. The summed E-state index contributed by atoms with van der Waals surface area (Å²) in [5.74, 6) is 0.519. The fourth-order valence-electron chi connectivity index (χ4n) is 1.49. The van der Waals surface area contributed by atoms with E-state index in [-0.39, 0.29) is 24.0 Å². The summed E-state index contributed by atoms with van der Waals surface area (Å²) < 4.78 is 0. The Labute approximate surface area is 97.8 Å². The van der Waals surface area contributed by atoms with Gasteiger partial charge in [0.25, 0.3) is 0 Å². The van der Waals surface area contributed by atoms with Crippen LogP contribution in [-0.2, 0) is 4.79 Å². The highest BCUT2D eigenvalue weighted by atomic mass is 16.3. The molecule has 0 aromatic heterocycles. The zero-order chi connectivity index (χ0) is 12.2. The van der Waals surface area contributed by atoms with Crippen molar-refractivity contribution in [2.75, 3.05) is 19.7 Å². The Morgan fingerprint density at radius 3 is 2.44 bits per heavy atom. The summed E-state index contributed by atoms with van der Waals surface area (Å²) in [6.07, 6.45) is 2.13. The van der Waals surface area contributed by atoms with E-state index >= 15 is 0 Å². The smallest absolute Gasteiger partial charge is 0.236 e. The molecule has 1 aliphatic carbocycles. The molecule has 0 aromatic carbocycles. The minimum atomic E-state index is -0.178. The summed E-state index contributed by atoms with van der Waals surface area (Å²) in [5, 5.41) is 15.2. The van der Waals surface area contributed by atoms with Gasteiger partial charge in [-0.1, -0.05) is 13.8 Å². The van der Waals surface area contributed by atoms with Crippen LogP contribution in [0.15, 0.2) is 0 Å². The Kier molecular flexibility index (Phi) is 4.74. The SMILES string of the molecule is CC(C)CNC(=O)C(C)NCC1(CO)CC1. The van der Waals surface area contributed by atoms with Crippen LogP contribution in [0.1, 0.15) is 33.6 Å². The summed E-state index contributed by atoms with van der Waals surface area (Å²) in [6.45, 7) is 7.69. The lowest BCUT2D eigenvalue weighted by atomic mass is 10.1. The Hall–Kier alpha value is -0.610. The standard InChI is InChI=1S/C12H24N2O2/c1-9(2)6-13-11(16)10(3)14-7-12(8-15)4-5-12/h9-10,14-15H,4-8H2,1-3H3,(H,13,16). The number of carbonyl (C=O) groups is 1. The van der Waals surface area contributed by atoms with Crippen LogP contribution in [-0.4, -0.2) is 36.8 Å². The van der Waals surface area contributed by atoms with Gasteiger partial charge in [-0.05, 0) is 25.7 Å². The second kappa shape index (κ2) is 5.64. The molecule has 4 nitrogen and oxygen atoms in total. The predicted octanol–water partition coefficient (Wildman–Crippen LogP) is 0.509. The average molecular weight is 228 g/mol. The van der Waals surface area contributed by atoms with Crippen LogP contribution in [0.5, 0.6) is 0 Å². The van der Waals surface area contributed by atoms with Gasteiger partial charge in [-0.25, -0.2) is 0 Å². The molecule has 1 atom stereocenters. The highest BCUT2D eigenvalue weighted by molar-refractivity contribution is 5.81. The Bertz CT molecular complexity index is 237. The first-order valence-electron chi connectivity index (χ1n) is 6.11. The third-order valence-electron chi connectivity index (χ3n) is 3.15. The zero-order valence-electron chi connectivity index (χ0n) is 10.5. The van der Waals surface area contributed by atoms with Crippen LogP contribution in [0.4, 0.5) is 0 Å². The molecule has 16 heavy (non-hydrogen) atoms. The van der Waals surface area contributed by atoms with Gasteiger partial charge in [0.05, 0.1) is 6.04 Å². The molecular weight excluding hydrogens is 204 g/mol. The van der Waals surface area contributed by atoms with Crippen LogP contribution >= 0.6 is 0 Å². The fraction of sp³-hybridized carbons (Fsp3) is 0.917. The quantitative estimate of drug-likeness (QED) is 0.595. The number of aliphatic hydroxyl groups excluding tert-OH is 1. The maximum Gasteiger partial charge on any atom is 0.236 e. The highest BCUT2D eigenvalue weighted by Crippen LogP contribution is 2.44. The normalized spacial score (nSPS) is 19.6. The van der Waals surface area contributed by atoms with E-state index in [4.69, 9.17) is 5.11 Å². The number of hydrogen-bond acceptors (Lipinski definition) is 3. The van der Waals surface area contributed by atoms with Gasteiger partial charge in [0.1, 0.15) is 0 Å². The van der Waals surface area contributed by atoms with Gasteiger partial charge < -0.3 is 15.7 Å². The van der Waals surface area contributed by atoms with Crippen molar-refractivity contribution in [3.05, 3.63) is 0 Å². The molecule has 3 N–H and O–H groups in total. The maximum absolute atomic E-state index is 11.6. The third-order valence-corrected chi connectivity index (χ3v) is 3.15. The van der Waals surface area contributed by atoms with E-state index in [9.17, 15) is 4.79 Å². The zero-order valence-corrected chi connectivity index (χ0v) is 10.5. The van der Waals surface area contributed by atoms with E-state index in [0.29, 0.717) is 5.92 Å². The second-order valence-electron chi connectivity index (χ2n) is 5.40. The number of carbonyl (C=O) groups excluding carboxylic acids is 1. The van der Waals surface area contributed by atoms with E-state index in [1.54, 1.807) is 0 Å². The summed E-state index contributed by atoms with van der Waals surface area (Å²) in [4.78, 5) is 11.6. The van der Waals surface area contributed by atoms with Crippen molar-refractivity contribution < 1.29 is 9.90 Å². The monoisotopic (exact) mass is 228 g/mol. The molecule has 1 unspecified atom stereocenters. The van der Waals surface area contributed by atoms with Crippen LogP contribution in [0.3, 0.4) is 0 Å². The number of aliphatic hydroxyl groups is 1. The molecule has 0 aromatic rings. The molecule has 1 fully saturated rings. The largest absolute Gasteiger partial charge is 0.396 e. The van der Waals surface area contributed by atoms with Crippen LogP contribution in [0, 0.1) is 11.3 Å². The maximum atomic E-state index is 11.6. The van der Waals surface area contributed by atoms with Crippen molar-refractivity contribution in [1.82, 2.24) is 10.6 Å². The Balaban J connectivity index is 2.18. The first-order valence-corrected chi connectivity index (χ1v) is 6.11. The minimum absolute atomic E-state index is 0.0439. The van der Waals surface area contributed by atoms with Crippen molar-refractivity contribution in [3.63, 3.8) is 0 Å². The summed E-state index contributed by atoms with van der Waals surface area (Å²) in [6, 6.07) is -0.178. The van der Waals surface area contributed by atoms with Gasteiger partial charge in [-0.3, -0.25) is 4.79 Å². The summed E-state index contributed by atoms with van der Waals surface area (Å²) in [5.41, 5.74) is 0.0621. The van der Waals surface area contributed by atoms with Gasteiger partial charge in [-0.2, -0.15) is 0 Å². The van der Waals surface area contributed by atoms with E-state index < -0.39 is 0 Å². The number of hydrogen-bond donors (Lipinski definition) is 3. The molecule has 1 rings (SSSR count). The second-order valence-corrected chi connectivity index (χ2v) is 5.40. The molecule has 94 valence electrons. The van der Waals surface area contributed by atoms with Crippen LogP contribution in [0.25, 0.3) is 0 Å². The topological polar surface area (TPSA) is 61.4 Å². The van der Waals surface area contributed by atoms with Crippen LogP contribution < -0.4 is 10.6 Å². The van der Waals surface area contributed by atoms with Crippen LogP contribution in [0.2, 0.25) is 0 Å². The molecule has 1 amide bonds. The lowest BCUT2D eigenvalue weighted by molar-refractivity contribution is -0.123. The highest BCUT2D eigenvalue weighted by Gasteiger charge is 2.41. The molecule has 0 aliphatic heterocycles. The van der Waals surface area contributed by atoms with E-state index in [1.165, 1.54) is 0 Å². The number of nitrogens with one attached hydrogen (secondary N) is 2. The van der Waals surface area contributed by atoms with Crippen molar-refractivity contribution in [3.8, 4) is 0 Å². The summed E-state index contributed by atoms with van der Waals surface area (Å²) >= 11 is 0. The van der Waals surface area contributed by atoms with E-state index in [0.717, 1.165) is 25.9 Å². The van der Waals surface area contributed by atoms with Gasteiger partial charge in [0.15, 0.2) is 0 Å². The van der Waals surface area contributed by atoms with E-state index in [2.05, 4.69) is 24.5 Å². The fourth-order valence-corrected chi connectivity index (χ4v) is 1.49. The molecule has 0 spiro atoms. The first kappa shape index (κ1) is 13.5. The molecule has 4 heteroatoms. The first-order chi connectivity index (χ1) is 7.49. The van der Waals surface area contributed by atoms with Crippen molar-refractivity contribution in [2.45, 2.75) is 39.7 Å². The number of amides is 1. The Morgan fingerprint density at radius 2 is 2.00 bits per heavy atom. The van der Waals surface area contributed by atoms with Gasteiger partial charge >= 0.3 is 0 Å². The third kappa shape index (κ3) is 4.10. The van der Waals surface area contributed by atoms with Crippen molar-refractivity contribution in [1.29, 1.82) is 0 Å². The van der Waals surface area contributed by atoms with Gasteiger partial charge in [0.2, 0.25) is 5.91 Å². The molecule has 0 radical (unpaired) electrons. The lowest BCUT2D eigenvalue weighted by Gasteiger charge is -2.18. The van der Waals surface area contributed by atoms with Gasteiger partial charge in [0, 0.05) is 25.1 Å². The molecular formula is C12H24N2O2. The van der Waals surface area contributed by atoms with E-state index in [1.807, 2.05) is 6.92 Å². The lowest BCUT2D eigenvalue weighted by Crippen LogP contribution is -2.45. The molecule has 1 saturated carbocycles. The van der Waals surface area contributed by atoms with Crippen molar-refractivity contribution >= 4 is 5.91 Å². The molecule has 1 aliphatic rings.